The number of rotatable bonds is 5. The molecule has 0 atom stereocenters. The second-order valence-electron chi connectivity index (χ2n) is 10.3. The molecule has 0 fully saturated rings. The van der Waals surface area contributed by atoms with Gasteiger partial charge >= 0.3 is 0 Å². The molecule has 0 bridgehead atoms. The summed E-state index contributed by atoms with van der Waals surface area (Å²) in [5.74, 6) is 0.580. The Morgan fingerprint density at radius 2 is 0.930 bits per heavy atom. The fourth-order valence-corrected chi connectivity index (χ4v) is 5.43. The van der Waals surface area contributed by atoms with Crippen LogP contribution >= 0.6 is 0 Å². The largest absolute Gasteiger partial charge is 0.265 e. The van der Waals surface area contributed by atoms with E-state index in [4.69, 9.17) is 15.1 Å². The molecule has 0 aliphatic heterocycles. The van der Waals surface area contributed by atoms with Crippen LogP contribution < -0.4 is 0 Å². The molecular formula is C37H24N6. The van der Waals surface area contributed by atoms with Gasteiger partial charge in [-0.1, -0.05) is 72.8 Å². The molecule has 6 heteroatoms. The van der Waals surface area contributed by atoms with Crippen LogP contribution in [0.3, 0.4) is 0 Å². The zero-order valence-electron chi connectivity index (χ0n) is 23.0. The van der Waals surface area contributed by atoms with Gasteiger partial charge in [0.2, 0.25) is 0 Å². The third kappa shape index (κ3) is 4.71. The van der Waals surface area contributed by atoms with Crippen molar-refractivity contribution in [3.05, 3.63) is 146 Å². The summed E-state index contributed by atoms with van der Waals surface area (Å²) in [5.41, 5.74) is 10.9. The molecule has 8 rings (SSSR count). The first-order chi connectivity index (χ1) is 21.3. The summed E-state index contributed by atoms with van der Waals surface area (Å²) in [4.78, 5) is 18.4. The van der Waals surface area contributed by atoms with Crippen molar-refractivity contribution < 1.29 is 0 Å². The van der Waals surface area contributed by atoms with Crippen LogP contribution in [0.15, 0.2) is 146 Å². The summed E-state index contributed by atoms with van der Waals surface area (Å²) < 4.78 is 1.97. The van der Waals surface area contributed by atoms with Gasteiger partial charge in [-0.25, -0.2) is 14.5 Å². The van der Waals surface area contributed by atoms with Crippen molar-refractivity contribution in [1.29, 1.82) is 0 Å². The average Bonchev–Trinajstić information content (AvgIpc) is 3.54. The van der Waals surface area contributed by atoms with Gasteiger partial charge in [-0.15, -0.1) is 0 Å². The van der Waals surface area contributed by atoms with E-state index in [9.17, 15) is 0 Å². The van der Waals surface area contributed by atoms with E-state index in [2.05, 4.69) is 94.9 Å². The van der Waals surface area contributed by atoms with Gasteiger partial charge in [0.1, 0.15) is 5.69 Å². The molecule has 0 aliphatic carbocycles. The number of para-hydroxylation sites is 1. The van der Waals surface area contributed by atoms with Gasteiger partial charge in [0.05, 0.1) is 22.4 Å². The molecule has 0 saturated heterocycles. The number of aromatic nitrogens is 6. The highest BCUT2D eigenvalue weighted by Crippen LogP contribution is 2.31. The van der Waals surface area contributed by atoms with Gasteiger partial charge in [0, 0.05) is 41.3 Å². The standard InChI is InChI=1S/C37H24N6/c1-2-4-36-31(3-1)13-14-32-23-35(42-43(32)36)37-40-33(29-9-5-25(6-10-29)27-15-19-38-20-16-27)24-34(41-37)30-11-7-26(8-12-30)28-17-21-39-22-18-28/h1-24H. The van der Waals surface area contributed by atoms with Gasteiger partial charge in [0.15, 0.2) is 5.82 Å². The summed E-state index contributed by atoms with van der Waals surface area (Å²) in [6.45, 7) is 0. The van der Waals surface area contributed by atoms with Crippen LogP contribution in [0.1, 0.15) is 0 Å². The number of hydrogen-bond acceptors (Lipinski definition) is 5. The maximum atomic E-state index is 5.04. The lowest BCUT2D eigenvalue weighted by atomic mass is 10.0. The highest BCUT2D eigenvalue weighted by Gasteiger charge is 2.15. The van der Waals surface area contributed by atoms with Crippen molar-refractivity contribution in [1.82, 2.24) is 29.5 Å². The fourth-order valence-electron chi connectivity index (χ4n) is 5.43. The van der Waals surface area contributed by atoms with E-state index in [1.165, 1.54) is 0 Å². The molecule has 202 valence electrons. The van der Waals surface area contributed by atoms with Crippen LogP contribution in [0.25, 0.3) is 72.7 Å². The van der Waals surface area contributed by atoms with Gasteiger partial charge in [-0.2, -0.15) is 5.10 Å². The third-order valence-corrected chi connectivity index (χ3v) is 7.68. The molecule has 8 aromatic rings. The smallest absolute Gasteiger partial charge is 0.181 e. The molecular weight excluding hydrogens is 528 g/mol. The third-order valence-electron chi connectivity index (χ3n) is 7.68. The van der Waals surface area contributed by atoms with E-state index in [1.807, 2.05) is 65.7 Å². The molecule has 0 unspecified atom stereocenters. The molecule has 0 saturated carbocycles. The Kier molecular flexibility index (Phi) is 6.01. The Labute approximate surface area is 248 Å². The van der Waals surface area contributed by atoms with Crippen molar-refractivity contribution in [2.45, 2.75) is 0 Å². The maximum absolute atomic E-state index is 5.04. The quantitative estimate of drug-likeness (QED) is 0.214. The molecule has 0 aliphatic rings. The Bertz CT molecular complexity index is 2100. The monoisotopic (exact) mass is 552 g/mol. The molecule has 5 aromatic heterocycles. The van der Waals surface area contributed by atoms with Crippen molar-refractivity contribution in [3.63, 3.8) is 0 Å². The lowest BCUT2D eigenvalue weighted by molar-refractivity contribution is 0.995. The minimum Gasteiger partial charge on any atom is -0.265 e. The SMILES string of the molecule is c1ccc2c(c1)ccc1cc(-c3nc(-c4ccc(-c5ccncc5)cc4)cc(-c4ccc(-c5ccncc5)cc4)n3)nn12. The van der Waals surface area contributed by atoms with Crippen LogP contribution in [0.5, 0.6) is 0 Å². The molecule has 43 heavy (non-hydrogen) atoms. The molecule has 0 amide bonds. The second-order valence-corrected chi connectivity index (χ2v) is 10.3. The highest BCUT2D eigenvalue weighted by molar-refractivity contribution is 5.83. The Morgan fingerprint density at radius 3 is 1.51 bits per heavy atom. The van der Waals surface area contributed by atoms with Crippen LogP contribution in [0, 0.1) is 0 Å². The topological polar surface area (TPSA) is 68.9 Å². The molecule has 0 spiro atoms. The van der Waals surface area contributed by atoms with Gasteiger partial charge < -0.3 is 0 Å². The first kappa shape index (κ1) is 24.8. The maximum Gasteiger partial charge on any atom is 0.181 e. The van der Waals surface area contributed by atoms with E-state index >= 15 is 0 Å². The van der Waals surface area contributed by atoms with Crippen molar-refractivity contribution >= 4 is 16.4 Å². The minimum atomic E-state index is 0.580. The molecule has 0 radical (unpaired) electrons. The predicted octanol–water partition coefficient (Wildman–Crippen LogP) is 8.40. The van der Waals surface area contributed by atoms with Gasteiger partial charge in [0.25, 0.3) is 0 Å². The molecule has 5 heterocycles. The normalized spacial score (nSPS) is 11.3. The minimum absolute atomic E-state index is 0.580. The van der Waals surface area contributed by atoms with Crippen molar-refractivity contribution in [3.8, 4) is 56.3 Å². The lowest BCUT2D eigenvalue weighted by Crippen LogP contribution is -1.97. The fraction of sp³-hybridized carbons (Fsp3) is 0. The van der Waals surface area contributed by atoms with E-state index in [0.717, 1.165) is 66.9 Å². The molecule has 3 aromatic carbocycles. The second kappa shape index (κ2) is 10.4. The Balaban J connectivity index is 1.25. The summed E-state index contributed by atoms with van der Waals surface area (Å²) in [6.07, 6.45) is 7.24. The summed E-state index contributed by atoms with van der Waals surface area (Å²) in [5, 5.41) is 6.10. The van der Waals surface area contributed by atoms with Crippen LogP contribution in [0.4, 0.5) is 0 Å². The van der Waals surface area contributed by atoms with E-state index < -0.39 is 0 Å². The van der Waals surface area contributed by atoms with Gasteiger partial charge in [-0.05, 0) is 70.8 Å². The number of hydrogen-bond donors (Lipinski definition) is 0. The summed E-state index contributed by atoms with van der Waals surface area (Å²) >= 11 is 0. The molecule has 0 N–H and O–H groups in total. The lowest BCUT2D eigenvalue weighted by Gasteiger charge is -2.10. The predicted molar refractivity (Wildman–Crippen MR) is 171 cm³/mol. The van der Waals surface area contributed by atoms with Crippen LogP contribution in [-0.4, -0.2) is 29.5 Å². The van der Waals surface area contributed by atoms with Crippen molar-refractivity contribution in [2.24, 2.45) is 0 Å². The van der Waals surface area contributed by atoms with Gasteiger partial charge in [-0.3, -0.25) is 9.97 Å². The highest BCUT2D eigenvalue weighted by atomic mass is 15.2. The first-order valence-electron chi connectivity index (χ1n) is 14.1. The van der Waals surface area contributed by atoms with Crippen LogP contribution in [0.2, 0.25) is 0 Å². The summed E-state index contributed by atoms with van der Waals surface area (Å²) in [6, 6.07) is 41.5. The van der Waals surface area contributed by atoms with E-state index in [1.54, 1.807) is 0 Å². The van der Waals surface area contributed by atoms with E-state index in [-0.39, 0.29) is 0 Å². The van der Waals surface area contributed by atoms with E-state index in [0.29, 0.717) is 5.82 Å². The zero-order chi connectivity index (χ0) is 28.6. The number of benzene rings is 3. The Morgan fingerprint density at radius 1 is 0.419 bits per heavy atom. The first-order valence-corrected chi connectivity index (χ1v) is 14.1. The van der Waals surface area contributed by atoms with Crippen molar-refractivity contribution in [2.75, 3.05) is 0 Å². The Hall–Kier alpha value is -6.01. The molecule has 6 nitrogen and oxygen atoms in total. The zero-order valence-corrected chi connectivity index (χ0v) is 23.0. The number of pyridine rings is 3. The van der Waals surface area contributed by atoms with Crippen LogP contribution in [-0.2, 0) is 0 Å². The number of fused-ring (bicyclic) bond motifs is 3. The average molecular weight is 553 g/mol. The summed E-state index contributed by atoms with van der Waals surface area (Å²) in [7, 11) is 0. The number of nitrogens with zero attached hydrogens (tertiary/aromatic N) is 6.